The number of nitrogens with two attached hydrogens (primary N) is 1. The molecule has 278 valence electrons. The highest BCUT2D eigenvalue weighted by Crippen LogP contribution is 2.53. The van der Waals surface area contributed by atoms with E-state index in [-0.39, 0.29) is 28.9 Å². The number of amides is 5. The van der Waals surface area contributed by atoms with Gasteiger partial charge in [-0.05, 0) is 81.5 Å². The maximum atomic E-state index is 14.6. The van der Waals surface area contributed by atoms with E-state index in [0.29, 0.717) is 25.8 Å². The van der Waals surface area contributed by atoms with Gasteiger partial charge in [-0.1, -0.05) is 73.1 Å². The maximum absolute atomic E-state index is 14.6. The molecular weight excluding hydrogens is 646 g/mol. The van der Waals surface area contributed by atoms with Crippen LogP contribution in [0.3, 0.4) is 0 Å². The first-order valence-electron chi connectivity index (χ1n) is 18.2. The zero-order chi connectivity index (χ0) is 36.7. The van der Waals surface area contributed by atoms with Crippen LogP contribution in [0.1, 0.15) is 126 Å². The van der Waals surface area contributed by atoms with E-state index in [9.17, 15) is 32.4 Å². The lowest BCUT2D eigenvalue weighted by atomic mass is 9.79. The number of Topliss-reactive ketones (excluding diaryl/α,β-unsaturated/α-hetero) is 1. The Bertz CT molecular complexity index is 1400. The van der Waals surface area contributed by atoms with Crippen molar-refractivity contribution in [3.63, 3.8) is 0 Å². The topological polar surface area (TPSA) is 185 Å². The number of hydrogen-bond acceptors (Lipinski definition) is 7. The molecule has 0 radical (unpaired) electrons. The molecule has 5 atom stereocenters. The highest BCUT2D eigenvalue weighted by molar-refractivity contribution is 7.92. The summed E-state index contributed by atoms with van der Waals surface area (Å²) in [5.74, 6) is -2.95. The summed E-state index contributed by atoms with van der Waals surface area (Å²) in [5, 5.41) is 8.76. The van der Waals surface area contributed by atoms with E-state index < -0.39 is 73.2 Å². The molecule has 13 heteroatoms. The normalized spacial score (nSPS) is 26.5. The van der Waals surface area contributed by atoms with Crippen molar-refractivity contribution in [3.05, 3.63) is 0 Å². The average Bonchev–Trinajstić information content (AvgIpc) is 3.48. The Kier molecular flexibility index (Phi) is 11.3. The Hall–Kier alpha value is -2.70. The van der Waals surface area contributed by atoms with Gasteiger partial charge in [0, 0.05) is 6.54 Å². The van der Waals surface area contributed by atoms with E-state index in [1.54, 1.807) is 25.7 Å². The third kappa shape index (κ3) is 8.61. The molecular formula is C36H61N5O7S. The van der Waals surface area contributed by atoms with Crippen LogP contribution in [0.4, 0.5) is 4.79 Å². The molecule has 49 heavy (non-hydrogen) atoms. The molecule has 5 N–H and O–H groups in total. The van der Waals surface area contributed by atoms with E-state index in [1.807, 2.05) is 20.8 Å². The number of nitrogens with zero attached hydrogens (tertiary/aromatic N) is 1. The fourth-order valence-electron chi connectivity index (χ4n) is 8.44. The number of sulfone groups is 1. The largest absolute Gasteiger partial charge is 0.363 e. The zero-order valence-electron chi connectivity index (χ0n) is 30.9. The van der Waals surface area contributed by atoms with Crippen LogP contribution >= 0.6 is 0 Å². The van der Waals surface area contributed by atoms with E-state index >= 15 is 0 Å². The van der Waals surface area contributed by atoms with Crippen LogP contribution < -0.4 is 21.7 Å². The fourth-order valence-corrected chi connectivity index (χ4v) is 9.97. The molecule has 0 aromatic rings. The lowest BCUT2D eigenvalue weighted by molar-refractivity contribution is -0.144. The lowest BCUT2D eigenvalue weighted by Crippen LogP contribution is -2.64. The second-order valence-corrected chi connectivity index (χ2v) is 20.9. The van der Waals surface area contributed by atoms with Gasteiger partial charge in [-0.15, -0.1) is 0 Å². The number of fused-ring (bicyclic) bond motifs is 1. The number of likely N-dealkylation sites (tertiary alicyclic amines) is 1. The van der Waals surface area contributed by atoms with Gasteiger partial charge in [-0.25, -0.2) is 13.2 Å². The number of carbonyl (C=O) groups is 5. The van der Waals surface area contributed by atoms with E-state index in [2.05, 4.69) is 29.8 Å². The van der Waals surface area contributed by atoms with Gasteiger partial charge in [0.2, 0.25) is 17.6 Å². The van der Waals surface area contributed by atoms with Crippen molar-refractivity contribution < 1.29 is 32.4 Å². The van der Waals surface area contributed by atoms with Crippen molar-refractivity contribution in [2.45, 2.75) is 154 Å². The van der Waals surface area contributed by atoms with Gasteiger partial charge < -0.3 is 26.6 Å². The maximum Gasteiger partial charge on any atom is 0.315 e. The highest BCUT2D eigenvalue weighted by atomic mass is 32.2. The van der Waals surface area contributed by atoms with Crippen LogP contribution in [0, 0.1) is 28.6 Å². The average molecular weight is 708 g/mol. The molecule has 0 aromatic carbocycles. The minimum Gasteiger partial charge on any atom is -0.363 e. The van der Waals surface area contributed by atoms with Gasteiger partial charge in [0.1, 0.15) is 12.1 Å². The van der Waals surface area contributed by atoms with Crippen LogP contribution in [-0.4, -0.2) is 83.6 Å². The SMILES string of the molecule is CC(C)(C)[C@H](NC(=O)NC1(CS(=O)(=O)C(C)(C)C)CCCCC1)C(=O)N1C[C@H]2[C@H](CCC2(C)C)[C@H]1C(=O)NC(CC1CCC1)C(=O)C(N)=O. The Morgan fingerprint density at radius 3 is 2.00 bits per heavy atom. The van der Waals surface area contributed by atoms with Crippen molar-refractivity contribution in [1.29, 1.82) is 0 Å². The molecule has 4 fully saturated rings. The standard InChI is InChI=1S/C36H61N5O7S/c1-33(2,3)28(39-32(46)40-36(16-10-9-11-17-36)21-49(47,48)34(4,5)6)31(45)41-20-24-23(15-18-35(24,7)8)26(41)30(44)38-25(27(42)29(37)43)19-22-13-12-14-22/h22-26,28H,9-21H2,1-8H3,(H2,37,43)(H,38,44)(H2,39,40,46)/t23-,24-,25?,26-,28+/m0/s1. The van der Waals surface area contributed by atoms with Crippen molar-refractivity contribution in [2.24, 2.45) is 34.3 Å². The minimum absolute atomic E-state index is 0.0201. The number of nitrogens with one attached hydrogen (secondary N) is 3. The molecule has 3 saturated carbocycles. The first-order valence-corrected chi connectivity index (χ1v) is 19.9. The second-order valence-electron chi connectivity index (χ2n) is 18.2. The summed E-state index contributed by atoms with van der Waals surface area (Å²) in [7, 11) is -3.57. The molecule has 1 unspecified atom stereocenters. The third-order valence-electron chi connectivity index (χ3n) is 12.0. The monoisotopic (exact) mass is 707 g/mol. The smallest absolute Gasteiger partial charge is 0.315 e. The second kappa shape index (κ2) is 14.1. The van der Waals surface area contributed by atoms with Gasteiger partial charge >= 0.3 is 6.03 Å². The molecule has 0 bridgehead atoms. The molecule has 12 nitrogen and oxygen atoms in total. The first-order chi connectivity index (χ1) is 22.5. The predicted octanol–water partition coefficient (Wildman–Crippen LogP) is 3.61. The van der Waals surface area contributed by atoms with Gasteiger partial charge in [-0.2, -0.15) is 0 Å². The predicted molar refractivity (Wildman–Crippen MR) is 188 cm³/mol. The number of ketones is 1. The quantitative estimate of drug-likeness (QED) is 0.236. The Morgan fingerprint density at radius 2 is 1.49 bits per heavy atom. The van der Waals surface area contributed by atoms with Crippen molar-refractivity contribution in [2.75, 3.05) is 12.3 Å². The van der Waals surface area contributed by atoms with Crippen molar-refractivity contribution in [3.8, 4) is 0 Å². The van der Waals surface area contributed by atoms with Gasteiger partial charge in [0.25, 0.3) is 5.91 Å². The summed E-state index contributed by atoms with van der Waals surface area (Å²) in [6, 6.07) is -3.60. The molecule has 1 aliphatic heterocycles. The summed E-state index contributed by atoms with van der Waals surface area (Å²) in [6.45, 7) is 15.1. The van der Waals surface area contributed by atoms with Crippen LogP contribution in [0.5, 0.6) is 0 Å². The van der Waals surface area contributed by atoms with Gasteiger partial charge in [0.15, 0.2) is 9.84 Å². The molecule has 5 amide bonds. The van der Waals surface area contributed by atoms with E-state index in [1.165, 1.54) is 0 Å². The van der Waals surface area contributed by atoms with Gasteiger partial charge in [0.05, 0.1) is 22.1 Å². The van der Waals surface area contributed by atoms with E-state index in [0.717, 1.165) is 51.4 Å². The summed E-state index contributed by atoms with van der Waals surface area (Å²) in [5.41, 5.74) is 3.51. The summed E-state index contributed by atoms with van der Waals surface area (Å²) in [4.78, 5) is 69.0. The highest BCUT2D eigenvalue weighted by Gasteiger charge is 2.57. The number of urea groups is 1. The molecule has 4 rings (SSSR count). The molecule has 0 spiro atoms. The van der Waals surface area contributed by atoms with Crippen LogP contribution in [0.15, 0.2) is 0 Å². The molecule has 4 aliphatic rings. The Labute approximate surface area is 293 Å². The third-order valence-corrected chi connectivity index (χ3v) is 14.8. The Balaban J connectivity index is 1.60. The first kappa shape index (κ1) is 39.1. The number of carbonyl (C=O) groups excluding carboxylic acids is 5. The zero-order valence-corrected chi connectivity index (χ0v) is 31.8. The van der Waals surface area contributed by atoms with Crippen molar-refractivity contribution >= 4 is 39.4 Å². The molecule has 1 saturated heterocycles. The van der Waals surface area contributed by atoms with Crippen LogP contribution in [0.2, 0.25) is 0 Å². The lowest BCUT2D eigenvalue weighted by Gasteiger charge is -2.41. The summed E-state index contributed by atoms with van der Waals surface area (Å²) < 4.78 is 25.7. The Morgan fingerprint density at radius 1 is 0.878 bits per heavy atom. The van der Waals surface area contributed by atoms with Crippen molar-refractivity contribution in [1.82, 2.24) is 20.9 Å². The fraction of sp³-hybridized carbons (Fsp3) is 0.861. The number of rotatable bonds is 11. The summed E-state index contributed by atoms with van der Waals surface area (Å²) >= 11 is 0. The summed E-state index contributed by atoms with van der Waals surface area (Å²) in [6.07, 6.45) is 8.33. The minimum atomic E-state index is -3.57. The molecule has 1 heterocycles. The van der Waals surface area contributed by atoms with E-state index in [4.69, 9.17) is 5.73 Å². The van der Waals surface area contributed by atoms with Crippen LogP contribution in [0.25, 0.3) is 0 Å². The van der Waals surface area contributed by atoms with Crippen LogP contribution in [-0.2, 0) is 29.0 Å². The number of hydrogen-bond donors (Lipinski definition) is 4. The molecule has 3 aliphatic carbocycles. The number of primary amides is 1. The van der Waals surface area contributed by atoms with Gasteiger partial charge in [-0.3, -0.25) is 19.2 Å². The molecule has 0 aromatic heterocycles.